The Morgan fingerprint density at radius 2 is 1.88 bits per heavy atom. The minimum absolute atomic E-state index is 0.130. The van der Waals surface area contributed by atoms with Gasteiger partial charge in [0.05, 0.1) is 16.8 Å². The van der Waals surface area contributed by atoms with Crippen molar-refractivity contribution in [2.24, 2.45) is 0 Å². The van der Waals surface area contributed by atoms with Crippen molar-refractivity contribution < 1.29 is 17.9 Å². The van der Waals surface area contributed by atoms with Gasteiger partial charge in [0.1, 0.15) is 5.75 Å². The van der Waals surface area contributed by atoms with Crippen LogP contribution in [0.3, 0.4) is 0 Å². The Labute approximate surface area is 189 Å². The molecule has 0 spiro atoms. The molecule has 1 fully saturated rings. The van der Waals surface area contributed by atoms with Gasteiger partial charge in [-0.05, 0) is 65.7 Å². The lowest BCUT2D eigenvalue weighted by Gasteiger charge is -2.53. The van der Waals surface area contributed by atoms with Gasteiger partial charge in [0.25, 0.3) is 0 Å². The predicted octanol–water partition coefficient (Wildman–Crippen LogP) is 3.59. The SMILES string of the molecule is C=CC(=O)NC1CC(C)(C)N(S(=O)(=O)c2cccc(Oc3cncc(C)n3)c2)C(C)(C)C1. The number of sulfonamides is 1. The molecule has 1 aliphatic heterocycles. The van der Waals surface area contributed by atoms with E-state index in [1.165, 1.54) is 18.3 Å². The lowest BCUT2D eigenvalue weighted by Crippen LogP contribution is -2.65. The van der Waals surface area contributed by atoms with E-state index < -0.39 is 21.1 Å². The molecule has 0 atom stereocenters. The van der Waals surface area contributed by atoms with E-state index in [2.05, 4.69) is 21.9 Å². The molecule has 32 heavy (non-hydrogen) atoms. The maximum absolute atomic E-state index is 13.8. The van der Waals surface area contributed by atoms with E-state index in [9.17, 15) is 13.2 Å². The summed E-state index contributed by atoms with van der Waals surface area (Å²) in [5.41, 5.74) is -0.779. The average molecular weight is 459 g/mol. The second-order valence-electron chi connectivity index (χ2n) is 9.29. The fraction of sp³-hybridized carbons (Fsp3) is 0.435. The van der Waals surface area contributed by atoms with E-state index in [4.69, 9.17) is 4.74 Å². The van der Waals surface area contributed by atoms with Crippen LogP contribution in [0.4, 0.5) is 0 Å². The quantitative estimate of drug-likeness (QED) is 0.664. The van der Waals surface area contributed by atoms with Crippen molar-refractivity contribution in [3.63, 3.8) is 0 Å². The highest BCUT2D eigenvalue weighted by Crippen LogP contribution is 2.43. The number of carbonyl (C=O) groups excluding carboxylic acids is 1. The maximum atomic E-state index is 13.8. The summed E-state index contributed by atoms with van der Waals surface area (Å²) in [5, 5.41) is 2.92. The van der Waals surface area contributed by atoms with Gasteiger partial charge in [-0.25, -0.2) is 13.4 Å². The van der Waals surface area contributed by atoms with Crippen molar-refractivity contribution in [1.29, 1.82) is 0 Å². The molecule has 0 unspecified atom stereocenters. The lowest BCUT2D eigenvalue weighted by molar-refractivity contribution is -0.118. The summed E-state index contributed by atoms with van der Waals surface area (Å²) in [5.74, 6) is 0.385. The van der Waals surface area contributed by atoms with Crippen molar-refractivity contribution in [3.8, 4) is 11.6 Å². The van der Waals surface area contributed by atoms with Crippen molar-refractivity contribution in [2.45, 2.75) is 69.5 Å². The summed E-state index contributed by atoms with van der Waals surface area (Å²) in [4.78, 5) is 20.3. The van der Waals surface area contributed by atoms with Gasteiger partial charge in [0.2, 0.25) is 21.8 Å². The van der Waals surface area contributed by atoms with Gasteiger partial charge in [0.15, 0.2) is 0 Å². The van der Waals surface area contributed by atoms with Crippen LogP contribution < -0.4 is 10.1 Å². The maximum Gasteiger partial charge on any atom is 0.244 e. The molecule has 0 saturated carbocycles. The second kappa shape index (κ2) is 8.63. The van der Waals surface area contributed by atoms with Crippen LogP contribution in [0.25, 0.3) is 0 Å². The molecule has 2 aromatic rings. The zero-order chi connectivity index (χ0) is 23.7. The van der Waals surface area contributed by atoms with E-state index in [0.29, 0.717) is 30.2 Å². The van der Waals surface area contributed by atoms with Gasteiger partial charge in [-0.1, -0.05) is 12.6 Å². The highest BCUT2D eigenvalue weighted by Gasteiger charge is 2.51. The number of benzene rings is 1. The number of amides is 1. The van der Waals surface area contributed by atoms with E-state index >= 15 is 0 Å². The zero-order valence-corrected chi connectivity index (χ0v) is 19.9. The Morgan fingerprint density at radius 1 is 1.22 bits per heavy atom. The fourth-order valence-corrected chi connectivity index (χ4v) is 6.87. The van der Waals surface area contributed by atoms with E-state index in [0.717, 1.165) is 0 Å². The number of aromatic nitrogens is 2. The first-order valence-corrected chi connectivity index (χ1v) is 11.8. The lowest BCUT2D eigenvalue weighted by atomic mass is 9.79. The number of ether oxygens (including phenoxy) is 1. The Bertz CT molecular complexity index is 1110. The molecular weight excluding hydrogens is 428 g/mol. The Morgan fingerprint density at radius 3 is 2.47 bits per heavy atom. The van der Waals surface area contributed by atoms with Crippen LogP contribution in [0.5, 0.6) is 11.6 Å². The summed E-state index contributed by atoms with van der Waals surface area (Å²) < 4.78 is 34.9. The minimum atomic E-state index is -3.87. The first-order chi connectivity index (χ1) is 14.8. The molecular formula is C23H30N4O4S. The molecule has 172 valence electrons. The molecule has 1 aromatic carbocycles. The first-order valence-electron chi connectivity index (χ1n) is 10.4. The normalized spacial score (nSPS) is 18.7. The molecule has 8 nitrogen and oxygen atoms in total. The van der Waals surface area contributed by atoms with Crippen LogP contribution in [0.1, 0.15) is 46.2 Å². The van der Waals surface area contributed by atoms with E-state index in [-0.39, 0.29) is 16.8 Å². The van der Waals surface area contributed by atoms with E-state index in [1.54, 1.807) is 35.6 Å². The molecule has 1 aromatic heterocycles. The summed E-state index contributed by atoms with van der Waals surface area (Å²) in [6.07, 6.45) is 5.27. The number of carbonyl (C=O) groups is 1. The molecule has 1 saturated heterocycles. The Balaban J connectivity index is 1.93. The molecule has 1 N–H and O–H groups in total. The molecule has 2 heterocycles. The van der Waals surface area contributed by atoms with Gasteiger partial charge in [-0.3, -0.25) is 9.78 Å². The second-order valence-corrected chi connectivity index (χ2v) is 11.1. The predicted molar refractivity (Wildman–Crippen MR) is 122 cm³/mol. The topological polar surface area (TPSA) is 101 Å². The van der Waals surface area contributed by atoms with Gasteiger partial charge < -0.3 is 10.1 Å². The number of hydrogen-bond donors (Lipinski definition) is 1. The third kappa shape index (κ3) is 4.99. The third-order valence-corrected chi connectivity index (χ3v) is 7.74. The van der Waals surface area contributed by atoms with Crippen molar-refractivity contribution in [1.82, 2.24) is 19.6 Å². The van der Waals surface area contributed by atoms with Crippen LogP contribution in [0, 0.1) is 6.92 Å². The Hall–Kier alpha value is -2.78. The van der Waals surface area contributed by atoms with Crippen LogP contribution in [-0.4, -0.2) is 45.7 Å². The molecule has 0 radical (unpaired) electrons. The highest BCUT2D eigenvalue weighted by atomic mass is 32.2. The van der Waals surface area contributed by atoms with Crippen LogP contribution in [-0.2, 0) is 14.8 Å². The number of rotatable bonds is 6. The average Bonchev–Trinajstić information content (AvgIpc) is 2.65. The van der Waals surface area contributed by atoms with Gasteiger partial charge >= 0.3 is 0 Å². The number of aryl methyl sites for hydroxylation is 1. The van der Waals surface area contributed by atoms with E-state index in [1.807, 2.05) is 27.7 Å². The van der Waals surface area contributed by atoms with Crippen LogP contribution >= 0.6 is 0 Å². The standard InChI is InChI=1S/C23H30N4O4S/c1-7-20(28)26-17-12-22(3,4)27(23(5,6)13-17)32(29,30)19-10-8-9-18(11-19)31-21-15-24-14-16(2)25-21/h7-11,14-15,17H,1,12-13H2,2-6H3,(H,26,28). The largest absolute Gasteiger partial charge is 0.437 e. The van der Waals surface area contributed by atoms with Crippen molar-refractivity contribution >= 4 is 15.9 Å². The number of nitrogens with one attached hydrogen (secondary N) is 1. The molecule has 3 rings (SSSR count). The summed E-state index contributed by atoms with van der Waals surface area (Å²) in [6.45, 7) is 12.8. The zero-order valence-electron chi connectivity index (χ0n) is 19.1. The minimum Gasteiger partial charge on any atom is -0.437 e. The summed E-state index contributed by atoms with van der Waals surface area (Å²) in [7, 11) is -3.87. The monoisotopic (exact) mass is 458 g/mol. The smallest absolute Gasteiger partial charge is 0.244 e. The molecule has 0 bridgehead atoms. The summed E-state index contributed by atoms with van der Waals surface area (Å²) >= 11 is 0. The van der Waals surface area contributed by atoms with Crippen molar-refractivity contribution in [3.05, 3.63) is 55.0 Å². The van der Waals surface area contributed by atoms with Gasteiger partial charge in [0, 0.05) is 29.4 Å². The van der Waals surface area contributed by atoms with Crippen LogP contribution in [0.15, 0.2) is 54.2 Å². The number of piperidine rings is 1. The van der Waals surface area contributed by atoms with Gasteiger partial charge in [-0.15, -0.1) is 0 Å². The van der Waals surface area contributed by atoms with Gasteiger partial charge in [-0.2, -0.15) is 4.31 Å². The highest BCUT2D eigenvalue weighted by molar-refractivity contribution is 7.89. The molecule has 1 amide bonds. The Kier molecular flexibility index (Phi) is 6.44. The van der Waals surface area contributed by atoms with Crippen LogP contribution in [0.2, 0.25) is 0 Å². The van der Waals surface area contributed by atoms with Crippen molar-refractivity contribution in [2.75, 3.05) is 0 Å². The fourth-order valence-electron chi connectivity index (χ4n) is 4.69. The number of hydrogen-bond acceptors (Lipinski definition) is 6. The molecule has 9 heteroatoms. The third-order valence-electron chi connectivity index (χ3n) is 5.42. The molecule has 1 aliphatic rings. The first kappa shape index (κ1) is 23.9. The summed E-state index contributed by atoms with van der Waals surface area (Å²) in [6, 6.07) is 6.21. The number of nitrogens with zero attached hydrogens (tertiary/aromatic N) is 3. The molecule has 0 aliphatic carbocycles.